The summed E-state index contributed by atoms with van der Waals surface area (Å²) in [6, 6.07) is 21.6. The van der Waals surface area contributed by atoms with Gasteiger partial charge in [-0.2, -0.15) is 0 Å². The minimum absolute atomic E-state index is 0.330. The fraction of sp³-hybridized carbons (Fsp3) is 0.200. The number of imide groups is 1. The number of carbonyl (C=O) groups excluding carboxylic acids is 2. The molecule has 3 aromatic rings. The molecule has 32 heavy (non-hydrogen) atoms. The van der Waals surface area contributed by atoms with Crippen LogP contribution in [-0.2, 0) is 14.4 Å². The average Bonchev–Trinajstić information content (AvgIpc) is 3.32. The van der Waals surface area contributed by atoms with Crippen molar-refractivity contribution in [2.75, 3.05) is 16.6 Å². The van der Waals surface area contributed by atoms with Gasteiger partial charge in [0.15, 0.2) is 6.10 Å². The van der Waals surface area contributed by atoms with Crippen LogP contribution < -0.4 is 14.7 Å². The van der Waals surface area contributed by atoms with Crippen LogP contribution in [0.4, 0.5) is 15.8 Å². The Morgan fingerprint density at radius 2 is 1.56 bits per heavy atom. The molecule has 0 bridgehead atoms. The van der Waals surface area contributed by atoms with Crippen LogP contribution in [0.2, 0.25) is 0 Å². The Bertz CT molecular complexity index is 1130. The lowest BCUT2D eigenvalue weighted by Crippen LogP contribution is -2.37. The standard InChI is InChI=1S/C25H21FN2O4/c1-2-31-20-14-8-16(9-15-20)22-21-23(32-28(22)19-6-4-3-5-7-19)25(30)27(24(21)29)18-12-10-17(26)11-13-18/h3-15,21-23H,2H2,1H3/t21-,22+,23+/m1/s1. The van der Waals surface area contributed by atoms with E-state index in [2.05, 4.69) is 0 Å². The molecule has 0 radical (unpaired) electrons. The number of para-hydroxylation sites is 1. The molecule has 2 fully saturated rings. The van der Waals surface area contributed by atoms with E-state index in [0.29, 0.717) is 12.3 Å². The summed E-state index contributed by atoms with van der Waals surface area (Å²) in [4.78, 5) is 33.9. The Hall–Kier alpha value is -3.71. The third-order valence-electron chi connectivity index (χ3n) is 5.74. The van der Waals surface area contributed by atoms with Gasteiger partial charge < -0.3 is 4.74 Å². The molecule has 162 valence electrons. The maximum atomic E-state index is 13.5. The van der Waals surface area contributed by atoms with E-state index in [1.54, 1.807) is 5.06 Å². The Kier molecular flexibility index (Phi) is 5.11. The second kappa shape index (κ2) is 8.09. The highest BCUT2D eigenvalue weighted by Crippen LogP contribution is 2.47. The number of fused-ring (bicyclic) bond motifs is 1. The second-order valence-electron chi connectivity index (χ2n) is 7.65. The molecule has 0 aromatic heterocycles. The van der Waals surface area contributed by atoms with Crippen molar-refractivity contribution in [3.63, 3.8) is 0 Å². The summed E-state index contributed by atoms with van der Waals surface area (Å²) in [5.41, 5.74) is 1.90. The lowest BCUT2D eigenvalue weighted by atomic mass is 9.90. The van der Waals surface area contributed by atoms with E-state index < -0.39 is 29.8 Å². The van der Waals surface area contributed by atoms with Crippen molar-refractivity contribution in [1.29, 1.82) is 0 Å². The zero-order valence-corrected chi connectivity index (χ0v) is 17.4. The predicted molar refractivity (Wildman–Crippen MR) is 117 cm³/mol. The first-order valence-electron chi connectivity index (χ1n) is 10.5. The summed E-state index contributed by atoms with van der Waals surface area (Å²) in [6.45, 7) is 2.46. The van der Waals surface area contributed by atoms with Crippen LogP contribution in [0.15, 0.2) is 78.9 Å². The van der Waals surface area contributed by atoms with E-state index in [1.807, 2.05) is 61.5 Å². The SMILES string of the molecule is CCOc1ccc([C@H]2[C@H]3C(=O)N(c4ccc(F)cc4)C(=O)[C@H]3ON2c2ccccc2)cc1. The molecular formula is C25H21FN2O4. The van der Waals surface area contributed by atoms with E-state index in [1.165, 1.54) is 24.3 Å². The van der Waals surface area contributed by atoms with Crippen molar-refractivity contribution in [3.8, 4) is 5.75 Å². The number of anilines is 2. The van der Waals surface area contributed by atoms with Gasteiger partial charge in [-0.3, -0.25) is 14.4 Å². The van der Waals surface area contributed by atoms with Crippen molar-refractivity contribution in [2.24, 2.45) is 5.92 Å². The number of rotatable bonds is 5. The first-order chi connectivity index (χ1) is 15.6. The molecule has 0 unspecified atom stereocenters. The number of hydrogen-bond acceptors (Lipinski definition) is 5. The fourth-order valence-electron chi connectivity index (χ4n) is 4.32. The van der Waals surface area contributed by atoms with Crippen molar-refractivity contribution in [2.45, 2.75) is 19.1 Å². The Labute approximate surface area is 184 Å². The van der Waals surface area contributed by atoms with Crippen molar-refractivity contribution < 1.29 is 23.6 Å². The Balaban J connectivity index is 1.55. The lowest BCUT2D eigenvalue weighted by Gasteiger charge is -2.28. The number of amides is 2. The van der Waals surface area contributed by atoms with E-state index in [9.17, 15) is 14.0 Å². The van der Waals surface area contributed by atoms with E-state index in [4.69, 9.17) is 9.57 Å². The summed E-state index contributed by atoms with van der Waals surface area (Å²) < 4.78 is 18.9. The second-order valence-corrected chi connectivity index (χ2v) is 7.65. The fourth-order valence-corrected chi connectivity index (χ4v) is 4.32. The van der Waals surface area contributed by atoms with Gasteiger partial charge in [-0.05, 0) is 61.0 Å². The summed E-state index contributed by atoms with van der Waals surface area (Å²) in [6.07, 6.45) is -0.968. The summed E-state index contributed by atoms with van der Waals surface area (Å²) in [5, 5.41) is 1.64. The van der Waals surface area contributed by atoms with Gasteiger partial charge in [0.05, 0.1) is 24.0 Å². The molecule has 7 heteroatoms. The molecule has 0 N–H and O–H groups in total. The van der Waals surface area contributed by atoms with Crippen LogP contribution in [0.3, 0.4) is 0 Å². The summed E-state index contributed by atoms with van der Waals surface area (Å²) in [7, 11) is 0. The van der Waals surface area contributed by atoms with Crippen LogP contribution in [0, 0.1) is 11.7 Å². The van der Waals surface area contributed by atoms with Gasteiger partial charge in [-0.25, -0.2) is 14.4 Å². The van der Waals surface area contributed by atoms with Gasteiger partial charge in [-0.1, -0.05) is 30.3 Å². The first-order valence-corrected chi connectivity index (χ1v) is 10.5. The number of hydroxylamine groups is 1. The summed E-state index contributed by atoms with van der Waals surface area (Å²) in [5.74, 6) is -1.29. The number of carbonyl (C=O) groups is 2. The van der Waals surface area contributed by atoms with Gasteiger partial charge in [0.25, 0.3) is 5.91 Å². The molecule has 6 nitrogen and oxygen atoms in total. The van der Waals surface area contributed by atoms with E-state index >= 15 is 0 Å². The minimum atomic E-state index is -0.968. The van der Waals surface area contributed by atoms with E-state index in [0.717, 1.165) is 21.9 Å². The quantitative estimate of drug-likeness (QED) is 0.564. The molecule has 2 aliphatic rings. The van der Waals surface area contributed by atoms with Crippen molar-refractivity contribution >= 4 is 23.2 Å². The topological polar surface area (TPSA) is 59.1 Å². The highest BCUT2D eigenvalue weighted by molar-refractivity contribution is 6.23. The molecule has 2 saturated heterocycles. The van der Waals surface area contributed by atoms with Crippen LogP contribution in [0.5, 0.6) is 5.75 Å². The lowest BCUT2D eigenvalue weighted by molar-refractivity contribution is -0.126. The van der Waals surface area contributed by atoms with Crippen molar-refractivity contribution in [1.82, 2.24) is 0 Å². The average molecular weight is 432 g/mol. The number of nitrogens with zero attached hydrogens (tertiary/aromatic N) is 2. The molecule has 0 spiro atoms. The van der Waals surface area contributed by atoms with Crippen LogP contribution in [0.1, 0.15) is 18.5 Å². The Morgan fingerprint density at radius 1 is 0.875 bits per heavy atom. The highest BCUT2D eigenvalue weighted by Gasteiger charge is 2.60. The number of hydrogen-bond donors (Lipinski definition) is 0. The number of benzene rings is 3. The third kappa shape index (κ3) is 3.31. The molecule has 0 aliphatic carbocycles. The zero-order valence-electron chi connectivity index (χ0n) is 17.4. The van der Waals surface area contributed by atoms with Gasteiger partial charge in [0.1, 0.15) is 17.5 Å². The zero-order chi connectivity index (χ0) is 22.2. The summed E-state index contributed by atoms with van der Waals surface area (Å²) >= 11 is 0. The van der Waals surface area contributed by atoms with E-state index in [-0.39, 0.29) is 5.91 Å². The molecule has 0 saturated carbocycles. The minimum Gasteiger partial charge on any atom is -0.494 e. The largest absolute Gasteiger partial charge is 0.494 e. The van der Waals surface area contributed by atoms with Crippen LogP contribution in [-0.4, -0.2) is 24.5 Å². The molecule has 3 atom stereocenters. The molecule has 2 aliphatic heterocycles. The number of ether oxygens (including phenoxy) is 1. The molecular weight excluding hydrogens is 411 g/mol. The van der Waals surface area contributed by atoms with Gasteiger partial charge in [0.2, 0.25) is 5.91 Å². The first kappa shape index (κ1) is 20.2. The van der Waals surface area contributed by atoms with Crippen molar-refractivity contribution in [3.05, 3.63) is 90.2 Å². The van der Waals surface area contributed by atoms with Crippen LogP contribution in [0.25, 0.3) is 0 Å². The molecule has 2 heterocycles. The monoisotopic (exact) mass is 432 g/mol. The normalized spacial score (nSPS) is 22.4. The maximum Gasteiger partial charge on any atom is 0.266 e. The molecule has 2 amide bonds. The van der Waals surface area contributed by atoms with Gasteiger partial charge >= 0.3 is 0 Å². The molecule has 3 aromatic carbocycles. The highest BCUT2D eigenvalue weighted by atomic mass is 19.1. The van der Waals surface area contributed by atoms with Crippen LogP contribution >= 0.6 is 0 Å². The maximum absolute atomic E-state index is 13.5. The van der Waals surface area contributed by atoms with Gasteiger partial charge in [0, 0.05) is 0 Å². The van der Waals surface area contributed by atoms with Gasteiger partial charge in [-0.15, -0.1) is 0 Å². The number of halogens is 1. The Morgan fingerprint density at radius 3 is 2.22 bits per heavy atom. The predicted octanol–water partition coefficient (Wildman–Crippen LogP) is 4.28. The smallest absolute Gasteiger partial charge is 0.266 e. The molecule has 5 rings (SSSR count). The third-order valence-corrected chi connectivity index (χ3v) is 5.74.